The number of hydrogen-bond donors (Lipinski definition) is 3. The van der Waals surface area contributed by atoms with E-state index in [-0.39, 0.29) is 6.10 Å². The number of aromatic amines is 1. The van der Waals surface area contributed by atoms with Crippen molar-refractivity contribution in [2.75, 3.05) is 19.8 Å². The Hall–Kier alpha value is -2.05. The highest BCUT2D eigenvalue weighted by atomic mass is 16.6. The lowest BCUT2D eigenvalue weighted by molar-refractivity contribution is 0.160. The Morgan fingerprint density at radius 1 is 1.30 bits per heavy atom. The van der Waals surface area contributed by atoms with Gasteiger partial charge in [-0.3, -0.25) is 5.10 Å². The first kappa shape index (κ1) is 15.8. The van der Waals surface area contributed by atoms with Gasteiger partial charge in [0.25, 0.3) is 0 Å². The zero-order chi connectivity index (χ0) is 16.1. The second kappa shape index (κ2) is 7.48. The predicted molar refractivity (Wildman–Crippen MR) is 87.6 cm³/mol. The van der Waals surface area contributed by atoms with Crippen molar-refractivity contribution in [1.29, 1.82) is 0 Å². The highest BCUT2D eigenvalue weighted by Crippen LogP contribution is 2.34. The van der Waals surface area contributed by atoms with Crippen LogP contribution in [0.1, 0.15) is 25.3 Å². The minimum atomic E-state index is -0.301. The number of aliphatic hydroxyl groups excluding tert-OH is 1. The van der Waals surface area contributed by atoms with Crippen LogP contribution in [0.2, 0.25) is 0 Å². The Morgan fingerprint density at radius 2 is 2.13 bits per heavy atom. The molecule has 23 heavy (non-hydrogen) atoms. The monoisotopic (exact) mass is 317 g/mol. The van der Waals surface area contributed by atoms with Crippen LogP contribution < -0.4 is 14.8 Å². The first-order chi connectivity index (χ1) is 11.3. The molecule has 0 aliphatic carbocycles. The average molecular weight is 317 g/mol. The van der Waals surface area contributed by atoms with Crippen LogP contribution in [0.3, 0.4) is 0 Å². The summed E-state index contributed by atoms with van der Waals surface area (Å²) in [6.45, 7) is 4.47. The maximum atomic E-state index is 9.78. The van der Waals surface area contributed by atoms with Gasteiger partial charge in [-0.25, -0.2) is 0 Å². The zero-order valence-electron chi connectivity index (χ0n) is 13.3. The third-order valence-electron chi connectivity index (χ3n) is 3.87. The van der Waals surface area contributed by atoms with Crippen LogP contribution in [0.15, 0.2) is 24.4 Å². The fourth-order valence-electron chi connectivity index (χ4n) is 2.70. The molecule has 1 aromatic heterocycles. The molecule has 0 radical (unpaired) electrons. The van der Waals surface area contributed by atoms with Crippen molar-refractivity contribution < 1.29 is 14.6 Å². The molecule has 2 heterocycles. The second-order valence-electron chi connectivity index (χ2n) is 5.70. The van der Waals surface area contributed by atoms with Gasteiger partial charge in [-0.05, 0) is 24.6 Å². The van der Waals surface area contributed by atoms with Gasteiger partial charge in [0.15, 0.2) is 11.5 Å². The lowest BCUT2D eigenvalue weighted by Gasteiger charge is -2.19. The van der Waals surface area contributed by atoms with Crippen LogP contribution in [-0.2, 0) is 6.54 Å². The topological polar surface area (TPSA) is 79.4 Å². The maximum Gasteiger partial charge on any atom is 0.162 e. The molecule has 3 rings (SSSR count). The summed E-state index contributed by atoms with van der Waals surface area (Å²) in [7, 11) is 0. The molecular weight excluding hydrogens is 294 g/mol. The standard InChI is InChI=1S/C17H23N3O3/c1-2-3-14(21)11-18-9-13-10-19-20-17(13)12-4-5-15-16(8-12)23-7-6-22-15/h4-5,8,10,14,18,21H,2-3,6-7,9,11H2,1H3,(H,19,20). The van der Waals surface area contributed by atoms with E-state index in [4.69, 9.17) is 9.47 Å². The summed E-state index contributed by atoms with van der Waals surface area (Å²) in [4.78, 5) is 0. The highest BCUT2D eigenvalue weighted by molar-refractivity contribution is 5.66. The van der Waals surface area contributed by atoms with E-state index in [9.17, 15) is 5.11 Å². The fourth-order valence-corrected chi connectivity index (χ4v) is 2.70. The zero-order valence-corrected chi connectivity index (χ0v) is 13.3. The maximum absolute atomic E-state index is 9.78. The van der Waals surface area contributed by atoms with Crippen molar-refractivity contribution in [1.82, 2.24) is 15.5 Å². The molecular formula is C17H23N3O3. The Morgan fingerprint density at radius 3 is 2.96 bits per heavy atom. The molecule has 124 valence electrons. The molecule has 0 saturated carbocycles. The summed E-state index contributed by atoms with van der Waals surface area (Å²) in [5.41, 5.74) is 3.03. The third kappa shape index (κ3) is 3.83. The van der Waals surface area contributed by atoms with Crippen LogP contribution in [0, 0.1) is 0 Å². The number of aromatic nitrogens is 2. The quantitative estimate of drug-likeness (QED) is 0.729. The van der Waals surface area contributed by atoms with Crippen molar-refractivity contribution in [3.63, 3.8) is 0 Å². The minimum absolute atomic E-state index is 0.301. The summed E-state index contributed by atoms with van der Waals surface area (Å²) in [6.07, 6.45) is 3.31. The van der Waals surface area contributed by atoms with Gasteiger partial charge < -0.3 is 19.9 Å². The van der Waals surface area contributed by atoms with E-state index < -0.39 is 0 Å². The van der Waals surface area contributed by atoms with E-state index in [1.807, 2.05) is 24.4 Å². The lowest BCUT2D eigenvalue weighted by Crippen LogP contribution is -2.26. The number of rotatable bonds is 7. The van der Waals surface area contributed by atoms with Crippen LogP contribution in [0.25, 0.3) is 11.3 Å². The molecule has 1 unspecified atom stereocenters. The smallest absolute Gasteiger partial charge is 0.162 e. The summed E-state index contributed by atoms with van der Waals surface area (Å²) in [5, 5.41) is 20.2. The molecule has 3 N–H and O–H groups in total. The average Bonchev–Trinajstić information content (AvgIpc) is 3.03. The molecule has 6 heteroatoms. The second-order valence-corrected chi connectivity index (χ2v) is 5.70. The highest BCUT2D eigenvalue weighted by Gasteiger charge is 2.15. The van der Waals surface area contributed by atoms with Gasteiger partial charge in [-0.2, -0.15) is 5.10 Å². The molecule has 6 nitrogen and oxygen atoms in total. The van der Waals surface area contributed by atoms with Gasteiger partial charge in [0.1, 0.15) is 13.2 Å². The minimum Gasteiger partial charge on any atom is -0.486 e. The van der Waals surface area contributed by atoms with Crippen molar-refractivity contribution in [2.24, 2.45) is 0 Å². The Kier molecular flexibility index (Phi) is 5.15. The number of nitrogens with zero attached hydrogens (tertiary/aromatic N) is 1. The largest absolute Gasteiger partial charge is 0.486 e. The normalized spacial score (nSPS) is 14.7. The molecule has 0 fully saturated rings. The van der Waals surface area contributed by atoms with Gasteiger partial charge in [0.2, 0.25) is 0 Å². The molecule has 1 aliphatic heterocycles. The van der Waals surface area contributed by atoms with Gasteiger partial charge in [0, 0.05) is 24.2 Å². The number of nitrogens with one attached hydrogen (secondary N) is 2. The predicted octanol–water partition coefficient (Wildman–Crippen LogP) is 2.10. The van der Waals surface area contributed by atoms with Crippen LogP contribution in [0.4, 0.5) is 0 Å². The van der Waals surface area contributed by atoms with Crippen molar-refractivity contribution >= 4 is 0 Å². The number of benzene rings is 1. The molecule has 0 saturated heterocycles. The van der Waals surface area contributed by atoms with E-state index in [2.05, 4.69) is 22.4 Å². The number of hydrogen-bond acceptors (Lipinski definition) is 5. The molecule has 0 bridgehead atoms. The summed E-state index contributed by atoms with van der Waals surface area (Å²) >= 11 is 0. The van der Waals surface area contributed by atoms with Crippen molar-refractivity contribution in [3.05, 3.63) is 30.0 Å². The van der Waals surface area contributed by atoms with E-state index in [0.717, 1.165) is 41.2 Å². The van der Waals surface area contributed by atoms with Crippen molar-refractivity contribution in [3.8, 4) is 22.8 Å². The van der Waals surface area contributed by atoms with Crippen molar-refractivity contribution in [2.45, 2.75) is 32.4 Å². The molecule has 1 atom stereocenters. The van der Waals surface area contributed by atoms with Crippen LogP contribution >= 0.6 is 0 Å². The summed E-state index contributed by atoms with van der Waals surface area (Å²) < 4.78 is 11.2. The fraction of sp³-hybridized carbons (Fsp3) is 0.471. The summed E-state index contributed by atoms with van der Waals surface area (Å²) in [5.74, 6) is 1.54. The Bertz CT molecular complexity index is 642. The molecule has 1 aromatic carbocycles. The van der Waals surface area contributed by atoms with Crippen LogP contribution in [0.5, 0.6) is 11.5 Å². The molecule has 1 aliphatic rings. The number of aliphatic hydroxyl groups is 1. The summed E-state index contributed by atoms with van der Waals surface area (Å²) in [6, 6.07) is 5.89. The number of fused-ring (bicyclic) bond motifs is 1. The SMILES string of the molecule is CCCC(O)CNCc1cn[nH]c1-c1ccc2c(c1)OCCO2. The van der Waals surface area contributed by atoms with E-state index in [1.54, 1.807) is 0 Å². The van der Waals surface area contributed by atoms with Gasteiger partial charge >= 0.3 is 0 Å². The number of H-pyrrole nitrogens is 1. The Labute approximate surface area is 135 Å². The molecule has 0 amide bonds. The Balaban J connectivity index is 1.68. The molecule has 0 spiro atoms. The van der Waals surface area contributed by atoms with Crippen LogP contribution in [-0.4, -0.2) is 41.2 Å². The first-order valence-corrected chi connectivity index (χ1v) is 8.09. The van der Waals surface area contributed by atoms with Gasteiger partial charge in [-0.15, -0.1) is 0 Å². The molecule has 2 aromatic rings. The van der Waals surface area contributed by atoms with Gasteiger partial charge in [0.05, 0.1) is 18.0 Å². The first-order valence-electron chi connectivity index (χ1n) is 8.09. The van der Waals surface area contributed by atoms with Gasteiger partial charge in [-0.1, -0.05) is 13.3 Å². The lowest BCUT2D eigenvalue weighted by atomic mass is 10.1. The number of ether oxygens (including phenoxy) is 2. The van der Waals surface area contributed by atoms with E-state index in [0.29, 0.717) is 26.3 Å². The van der Waals surface area contributed by atoms with E-state index >= 15 is 0 Å². The van der Waals surface area contributed by atoms with E-state index in [1.165, 1.54) is 0 Å². The third-order valence-corrected chi connectivity index (χ3v) is 3.87.